The molecule has 1 heterocycles. The Morgan fingerprint density at radius 2 is 1.63 bits per heavy atom. The number of aromatic carboxylic acids is 1. The molecule has 2 aromatic carbocycles. The van der Waals surface area contributed by atoms with Crippen molar-refractivity contribution in [1.29, 1.82) is 0 Å². The van der Waals surface area contributed by atoms with Crippen molar-refractivity contribution < 1.29 is 24.3 Å². The van der Waals surface area contributed by atoms with Crippen molar-refractivity contribution in [2.24, 2.45) is 11.8 Å². The van der Waals surface area contributed by atoms with Gasteiger partial charge in [0.1, 0.15) is 0 Å². The van der Waals surface area contributed by atoms with E-state index in [0.29, 0.717) is 23.2 Å². The minimum atomic E-state index is -1.06. The maximum Gasteiger partial charge on any atom is 0.335 e. The molecular formula is C23H22N2O5. The first-order valence-electron chi connectivity index (χ1n) is 10.0. The van der Waals surface area contributed by atoms with Gasteiger partial charge in [-0.1, -0.05) is 31.0 Å². The van der Waals surface area contributed by atoms with Gasteiger partial charge in [0, 0.05) is 18.2 Å². The number of carbonyl (C=O) groups excluding carboxylic acids is 3. The molecule has 0 radical (unpaired) electrons. The van der Waals surface area contributed by atoms with Crippen molar-refractivity contribution in [2.75, 3.05) is 11.9 Å². The summed E-state index contributed by atoms with van der Waals surface area (Å²) in [6.07, 6.45) is 3.25. The van der Waals surface area contributed by atoms with Crippen LogP contribution in [0.4, 0.5) is 5.69 Å². The number of anilines is 1. The third-order valence-electron chi connectivity index (χ3n) is 5.92. The average Bonchev–Trinajstić information content (AvgIpc) is 2.99. The Labute approximate surface area is 173 Å². The fourth-order valence-corrected chi connectivity index (χ4v) is 4.38. The average molecular weight is 406 g/mol. The minimum absolute atomic E-state index is 0.0963. The highest BCUT2D eigenvalue weighted by molar-refractivity contribution is 6.21. The van der Waals surface area contributed by atoms with E-state index in [0.717, 1.165) is 19.3 Å². The van der Waals surface area contributed by atoms with E-state index in [1.165, 1.54) is 17.0 Å². The van der Waals surface area contributed by atoms with Crippen LogP contribution in [0.25, 0.3) is 0 Å². The fraction of sp³-hybridized carbons (Fsp3) is 0.304. The third kappa shape index (κ3) is 3.70. The predicted molar refractivity (Wildman–Crippen MR) is 109 cm³/mol. The van der Waals surface area contributed by atoms with Gasteiger partial charge >= 0.3 is 5.97 Å². The number of imide groups is 1. The van der Waals surface area contributed by atoms with Crippen molar-refractivity contribution in [1.82, 2.24) is 4.90 Å². The molecule has 2 N–H and O–H groups in total. The molecule has 30 heavy (non-hydrogen) atoms. The number of carboxylic acids is 1. The van der Waals surface area contributed by atoms with Gasteiger partial charge in [0.05, 0.1) is 16.7 Å². The highest BCUT2D eigenvalue weighted by Gasteiger charge is 2.40. The number of carboxylic acid groups (broad SMARTS) is 1. The van der Waals surface area contributed by atoms with E-state index in [9.17, 15) is 19.2 Å². The molecule has 0 spiro atoms. The Morgan fingerprint density at radius 1 is 0.967 bits per heavy atom. The van der Waals surface area contributed by atoms with Crippen LogP contribution in [0.2, 0.25) is 0 Å². The van der Waals surface area contributed by atoms with E-state index in [1.807, 2.05) is 0 Å². The molecule has 1 fully saturated rings. The fourth-order valence-electron chi connectivity index (χ4n) is 4.38. The number of rotatable bonds is 5. The smallest absolute Gasteiger partial charge is 0.335 e. The normalized spacial score (nSPS) is 20.7. The number of benzene rings is 2. The molecule has 2 aliphatic rings. The molecule has 4 rings (SSSR count). The lowest BCUT2D eigenvalue weighted by molar-refractivity contribution is -0.122. The lowest BCUT2D eigenvalue weighted by Gasteiger charge is -2.32. The number of hydrogen-bond donors (Lipinski definition) is 2. The van der Waals surface area contributed by atoms with Gasteiger partial charge in [-0.05, 0) is 49.1 Å². The zero-order valence-electron chi connectivity index (χ0n) is 16.3. The van der Waals surface area contributed by atoms with Crippen LogP contribution in [0.1, 0.15) is 56.8 Å². The topological polar surface area (TPSA) is 104 Å². The molecule has 154 valence electrons. The first-order valence-corrected chi connectivity index (χ1v) is 10.0. The van der Waals surface area contributed by atoms with Gasteiger partial charge in [-0.3, -0.25) is 19.3 Å². The Morgan fingerprint density at radius 3 is 2.30 bits per heavy atom. The van der Waals surface area contributed by atoms with Crippen LogP contribution < -0.4 is 5.32 Å². The van der Waals surface area contributed by atoms with Crippen LogP contribution in [-0.2, 0) is 4.79 Å². The quantitative estimate of drug-likeness (QED) is 0.741. The molecule has 1 saturated carbocycles. The Bertz CT molecular complexity index is 997. The molecule has 2 aromatic rings. The van der Waals surface area contributed by atoms with E-state index in [4.69, 9.17) is 5.11 Å². The Kier molecular flexibility index (Phi) is 5.35. The zero-order valence-corrected chi connectivity index (χ0v) is 16.3. The van der Waals surface area contributed by atoms with E-state index >= 15 is 0 Å². The maximum absolute atomic E-state index is 13.0. The van der Waals surface area contributed by atoms with E-state index in [-0.39, 0.29) is 41.7 Å². The first-order chi connectivity index (χ1) is 14.5. The molecule has 2 atom stereocenters. The van der Waals surface area contributed by atoms with Crippen LogP contribution in [0.15, 0.2) is 48.5 Å². The monoisotopic (exact) mass is 406 g/mol. The molecule has 2 unspecified atom stereocenters. The minimum Gasteiger partial charge on any atom is -0.478 e. The first kappa shape index (κ1) is 19.8. The molecule has 7 heteroatoms. The molecule has 1 aliphatic heterocycles. The van der Waals surface area contributed by atoms with Gasteiger partial charge in [-0.2, -0.15) is 0 Å². The lowest BCUT2D eigenvalue weighted by Crippen LogP contribution is -2.41. The highest BCUT2D eigenvalue weighted by atomic mass is 16.4. The molecule has 7 nitrogen and oxygen atoms in total. The van der Waals surface area contributed by atoms with Crippen LogP contribution in [0.5, 0.6) is 0 Å². The standard InChI is InChI=1S/C23H22N2O5/c26-20(24-16-8-5-7-14(12-16)23(29)30)17-9-2-1-6-15(17)13-25-21(27)18-10-3-4-11-19(18)22(25)28/h3-5,7-8,10-12,15,17H,1-2,6,9,13H2,(H,24,26)(H,29,30). The van der Waals surface area contributed by atoms with Crippen LogP contribution >= 0.6 is 0 Å². The molecule has 0 saturated heterocycles. The van der Waals surface area contributed by atoms with E-state index in [2.05, 4.69) is 5.32 Å². The van der Waals surface area contributed by atoms with Crippen molar-refractivity contribution in [3.05, 3.63) is 65.2 Å². The Hall–Kier alpha value is -3.48. The van der Waals surface area contributed by atoms with Gasteiger partial charge in [0.15, 0.2) is 0 Å². The van der Waals surface area contributed by atoms with Crippen LogP contribution in [0, 0.1) is 11.8 Å². The van der Waals surface area contributed by atoms with Crippen molar-refractivity contribution >= 4 is 29.4 Å². The number of fused-ring (bicyclic) bond motifs is 1. The molecular weight excluding hydrogens is 384 g/mol. The van der Waals surface area contributed by atoms with Gasteiger partial charge in [0.25, 0.3) is 11.8 Å². The highest BCUT2D eigenvalue weighted by Crippen LogP contribution is 2.34. The summed E-state index contributed by atoms with van der Waals surface area (Å²) in [7, 11) is 0. The number of carbonyl (C=O) groups is 4. The van der Waals surface area contributed by atoms with Crippen LogP contribution in [0.3, 0.4) is 0 Å². The number of nitrogens with one attached hydrogen (secondary N) is 1. The predicted octanol–water partition coefficient (Wildman–Crippen LogP) is 3.43. The third-order valence-corrected chi connectivity index (χ3v) is 5.92. The summed E-state index contributed by atoms with van der Waals surface area (Å²) in [6, 6.07) is 12.9. The second-order valence-electron chi connectivity index (χ2n) is 7.79. The summed E-state index contributed by atoms with van der Waals surface area (Å²) in [6.45, 7) is 0.208. The largest absolute Gasteiger partial charge is 0.478 e. The second-order valence-corrected chi connectivity index (χ2v) is 7.79. The van der Waals surface area contributed by atoms with Crippen molar-refractivity contribution in [3.63, 3.8) is 0 Å². The number of hydrogen-bond acceptors (Lipinski definition) is 4. The van der Waals surface area contributed by atoms with E-state index < -0.39 is 5.97 Å². The molecule has 0 bridgehead atoms. The summed E-state index contributed by atoms with van der Waals surface area (Å²) < 4.78 is 0. The maximum atomic E-state index is 13.0. The summed E-state index contributed by atoms with van der Waals surface area (Å²) in [4.78, 5) is 50.8. The van der Waals surface area contributed by atoms with Crippen LogP contribution in [-0.4, -0.2) is 40.2 Å². The lowest BCUT2D eigenvalue weighted by atomic mass is 9.78. The van der Waals surface area contributed by atoms with Crippen molar-refractivity contribution in [2.45, 2.75) is 25.7 Å². The van der Waals surface area contributed by atoms with Gasteiger partial charge in [0.2, 0.25) is 5.91 Å². The van der Waals surface area contributed by atoms with E-state index in [1.54, 1.807) is 36.4 Å². The number of nitrogens with zero attached hydrogens (tertiary/aromatic N) is 1. The second kappa shape index (κ2) is 8.10. The SMILES string of the molecule is O=C(O)c1cccc(NC(=O)C2CCCCC2CN2C(=O)c3ccccc3C2=O)c1. The van der Waals surface area contributed by atoms with Gasteiger partial charge < -0.3 is 10.4 Å². The zero-order chi connectivity index (χ0) is 21.3. The summed E-state index contributed by atoms with van der Waals surface area (Å²) >= 11 is 0. The molecule has 1 aliphatic carbocycles. The molecule has 3 amide bonds. The Balaban J connectivity index is 1.49. The van der Waals surface area contributed by atoms with Gasteiger partial charge in [-0.25, -0.2) is 4.79 Å². The summed E-state index contributed by atoms with van der Waals surface area (Å²) in [5.74, 6) is -2.38. The molecule has 0 aromatic heterocycles. The number of amides is 3. The summed E-state index contributed by atoms with van der Waals surface area (Å²) in [5, 5.41) is 11.9. The summed E-state index contributed by atoms with van der Waals surface area (Å²) in [5.41, 5.74) is 1.33. The van der Waals surface area contributed by atoms with Gasteiger partial charge in [-0.15, -0.1) is 0 Å². The van der Waals surface area contributed by atoms with Crippen molar-refractivity contribution in [3.8, 4) is 0 Å².